The molecule has 1 aromatic carbocycles. The fraction of sp³-hybridized carbons (Fsp3) is 0.250. The van der Waals surface area contributed by atoms with Crippen molar-refractivity contribution >= 4 is 17.5 Å². The summed E-state index contributed by atoms with van der Waals surface area (Å²) in [6.45, 7) is 6.57. The minimum Gasteiger partial charge on any atom is -0.354 e. The van der Waals surface area contributed by atoms with Gasteiger partial charge in [-0.15, -0.1) is 0 Å². The summed E-state index contributed by atoms with van der Waals surface area (Å²) in [7, 11) is 0. The van der Waals surface area contributed by atoms with Crippen molar-refractivity contribution in [3.63, 3.8) is 0 Å². The number of aromatic amines is 1. The van der Waals surface area contributed by atoms with Crippen LogP contribution in [-0.4, -0.2) is 27.4 Å². The van der Waals surface area contributed by atoms with E-state index < -0.39 is 0 Å². The monoisotopic (exact) mass is 349 g/mol. The number of H-pyrrole nitrogens is 1. The molecule has 0 unspecified atom stereocenters. The molecule has 0 aliphatic carbocycles. The van der Waals surface area contributed by atoms with Crippen molar-refractivity contribution in [1.29, 1.82) is 0 Å². The molecule has 0 saturated carbocycles. The Bertz CT molecular complexity index is 902. The lowest BCUT2D eigenvalue weighted by molar-refractivity contribution is 0.0948. The van der Waals surface area contributed by atoms with Crippen LogP contribution in [-0.2, 0) is 0 Å². The first-order valence-corrected chi connectivity index (χ1v) is 8.73. The predicted molar refractivity (Wildman–Crippen MR) is 104 cm³/mol. The van der Waals surface area contributed by atoms with E-state index in [9.17, 15) is 4.79 Å². The van der Waals surface area contributed by atoms with Crippen LogP contribution in [0, 0.1) is 13.8 Å². The van der Waals surface area contributed by atoms with E-state index in [1.807, 2.05) is 57.2 Å². The van der Waals surface area contributed by atoms with Crippen LogP contribution in [0.3, 0.4) is 0 Å². The van der Waals surface area contributed by atoms with Crippen molar-refractivity contribution in [3.8, 4) is 11.3 Å². The Labute approximate surface area is 153 Å². The summed E-state index contributed by atoms with van der Waals surface area (Å²) < 4.78 is 0. The number of amides is 1. The number of hydrogen-bond acceptors (Lipinski definition) is 4. The molecule has 0 atom stereocenters. The number of nitrogens with one attached hydrogen (secondary N) is 3. The molecule has 3 N–H and O–H groups in total. The normalized spacial score (nSPS) is 10.6. The molecule has 3 rings (SSSR count). The van der Waals surface area contributed by atoms with Gasteiger partial charge in [-0.3, -0.25) is 4.79 Å². The van der Waals surface area contributed by atoms with Crippen molar-refractivity contribution < 1.29 is 4.79 Å². The molecule has 0 spiro atoms. The molecule has 0 fully saturated rings. The third-order valence-corrected chi connectivity index (χ3v) is 4.14. The van der Waals surface area contributed by atoms with Crippen LogP contribution in [0.1, 0.15) is 35.1 Å². The van der Waals surface area contributed by atoms with E-state index >= 15 is 0 Å². The number of para-hydroxylation sites is 1. The smallest absolute Gasteiger partial charge is 0.268 e. The van der Waals surface area contributed by atoms with Crippen LogP contribution < -0.4 is 10.6 Å². The second-order valence-corrected chi connectivity index (χ2v) is 6.14. The fourth-order valence-electron chi connectivity index (χ4n) is 2.90. The average molecular weight is 349 g/mol. The van der Waals surface area contributed by atoms with E-state index in [1.54, 1.807) is 6.20 Å². The number of carbonyl (C=O) groups is 1. The number of benzene rings is 1. The zero-order valence-corrected chi connectivity index (χ0v) is 15.3. The van der Waals surface area contributed by atoms with Gasteiger partial charge < -0.3 is 15.6 Å². The number of aryl methyl sites for hydroxylation is 1. The van der Waals surface area contributed by atoms with Crippen molar-refractivity contribution in [2.45, 2.75) is 27.2 Å². The summed E-state index contributed by atoms with van der Waals surface area (Å²) in [5.74, 6) is 0.432. The molecule has 6 nitrogen and oxygen atoms in total. The molecule has 3 aromatic rings. The molecule has 0 saturated heterocycles. The summed E-state index contributed by atoms with van der Waals surface area (Å²) in [6.07, 6.45) is 2.62. The highest BCUT2D eigenvalue weighted by molar-refractivity contribution is 5.96. The molecule has 6 heteroatoms. The Morgan fingerprint density at radius 2 is 1.92 bits per heavy atom. The van der Waals surface area contributed by atoms with Gasteiger partial charge in [-0.1, -0.05) is 25.1 Å². The molecular formula is C20H23N5O. The maximum Gasteiger partial charge on any atom is 0.268 e. The average Bonchev–Trinajstić information content (AvgIpc) is 2.95. The second-order valence-electron chi connectivity index (χ2n) is 6.14. The van der Waals surface area contributed by atoms with Gasteiger partial charge in [-0.2, -0.15) is 0 Å². The van der Waals surface area contributed by atoms with Crippen LogP contribution >= 0.6 is 0 Å². The van der Waals surface area contributed by atoms with Gasteiger partial charge in [-0.25, -0.2) is 9.97 Å². The lowest BCUT2D eigenvalue weighted by Gasteiger charge is -2.07. The van der Waals surface area contributed by atoms with Gasteiger partial charge in [0.2, 0.25) is 5.95 Å². The van der Waals surface area contributed by atoms with Crippen molar-refractivity contribution in [2.75, 3.05) is 11.9 Å². The number of hydrogen-bond donors (Lipinski definition) is 3. The lowest BCUT2D eigenvalue weighted by Crippen LogP contribution is -2.25. The Hall–Kier alpha value is -3.15. The number of rotatable bonds is 6. The van der Waals surface area contributed by atoms with Crippen LogP contribution in [0.2, 0.25) is 0 Å². The zero-order valence-electron chi connectivity index (χ0n) is 15.3. The largest absolute Gasteiger partial charge is 0.354 e. The van der Waals surface area contributed by atoms with E-state index in [1.165, 1.54) is 0 Å². The minimum atomic E-state index is -0.0876. The van der Waals surface area contributed by atoms with Gasteiger partial charge in [-0.05, 0) is 44.0 Å². The minimum absolute atomic E-state index is 0.0876. The number of aromatic nitrogens is 3. The summed E-state index contributed by atoms with van der Waals surface area (Å²) in [4.78, 5) is 24.4. The van der Waals surface area contributed by atoms with Gasteiger partial charge in [0, 0.05) is 29.7 Å². The van der Waals surface area contributed by atoms with E-state index in [4.69, 9.17) is 0 Å². The van der Waals surface area contributed by atoms with E-state index in [0.29, 0.717) is 18.2 Å². The fourth-order valence-corrected chi connectivity index (χ4v) is 2.90. The Balaban J connectivity index is 1.91. The summed E-state index contributed by atoms with van der Waals surface area (Å²) >= 11 is 0. The van der Waals surface area contributed by atoms with E-state index in [2.05, 4.69) is 25.6 Å². The predicted octanol–water partition coefficient (Wildman–Crippen LogP) is 3.97. The number of carbonyl (C=O) groups excluding carboxylic acids is 1. The molecule has 0 aliphatic heterocycles. The highest BCUT2D eigenvalue weighted by atomic mass is 16.1. The van der Waals surface area contributed by atoms with Crippen LogP contribution in [0.25, 0.3) is 11.3 Å². The third kappa shape index (κ3) is 3.74. The summed E-state index contributed by atoms with van der Waals surface area (Å²) in [5, 5.41) is 6.11. The molecule has 1 amide bonds. The van der Waals surface area contributed by atoms with Gasteiger partial charge in [0.1, 0.15) is 5.69 Å². The maximum atomic E-state index is 12.3. The highest BCUT2D eigenvalue weighted by Crippen LogP contribution is 2.28. The summed E-state index contributed by atoms with van der Waals surface area (Å²) in [5.41, 5.74) is 5.02. The summed E-state index contributed by atoms with van der Waals surface area (Å²) in [6, 6.07) is 11.6. The van der Waals surface area contributed by atoms with Crippen molar-refractivity contribution in [3.05, 3.63) is 59.5 Å². The van der Waals surface area contributed by atoms with Gasteiger partial charge in [0.05, 0.1) is 5.69 Å². The van der Waals surface area contributed by atoms with Gasteiger partial charge in [0.15, 0.2) is 0 Å². The number of nitrogens with zero attached hydrogens (tertiary/aromatic N) is 2. The second kappa shape index (κ2) is 7.82. The molecule has 0 radical (unpaired) electrons. The van der Waals surface area contributed by atoms with Crippen LogP contribution in [0.5, 0.6) is 0 Å². The van der Waals surface area contributed by atoms with Gasteiger partial charge in [0.25, 0.3) is 5.91 Å². The molecule has 2 heterocycles. The van der Waals surface area contributed by atoms with Crippen LogP contribution in [0.4, 0.5) is 11.6 Å². The molecular weight excluding hydrogens is 326 g/mol. The first-order valence-electron chi connectivity index (χ1n) is 8.73. The Kier molecular flexibility index (Phi) is 5.31. The zero-order chi connectivity index (χ0) is 18.5. The topological polar surface area (TPSA) is 82.7 Å². The first kappa shape index (κ1) is 17.7. The molecule has 0 aliphatic rings. The molecule has 26 heavy (non-hydrogen) atoms. The molecule has 134 valence electrons. The molecule has 0 bridgehead atoms. The number of anilines is 2. The van der Waals surface area contributed by atoms with E-state index in [0.717, 1.165) is 34.6 Å². The molecule has 2 aromatic heterocycles. The SMILES string of the molecule is CCCNC(=O)c1[nH]c(C)c(-c2ccnc(Nc3ccccc3)n2)c1C. The van der Waals surface area contributed by atoms with Crippen LogP contribution in [0.15, 0.2) is 42.6 Å². The van der Waals surface area contributed by atoms with Gasteiger partial charge >= 0.3 is 0 Å². The Morgan fingerprint density at radius 1 is 1.15 bits per heavy atom. The third-order valence-electron chi connectivity index (χ3n) is 4.14. The Morgan fingerprint density at radius 3 is 2.65 bits per heavy atom. The quantitative estimate of drug-likeness (QED) is 0.629. The van der Waals surface area contributed by atoms with E-state index in [-0.39, 0.29) is 5.91 Å². The standard InChI is InChI=1S/C20H23N5O/c1-4-11-21-19(26)18-13(2)17(14(3)23-18)16-10-12-22-20(25-16)24-15-8-6-5-7-9-15/h5-10,12,23H,4,11H2,1-3H3,(H,21,26)(H,22,24,25). The highest BCUT2D eigenvalue weighted by Gasteiger charge is 2.19. The first-order chi connectivity index (χ1) is 12.6. The van der Waals surface area contributed by atoms with Crippen molar-refractivity contribution in [1.82, 2.24) is 20.3 Å². The lowest BCUT2D eigenvalue weighted by atomic mass is 10.1. The van der Waals surface area contributed by atoms with Crippen molar-refractivity contribution in [2.24, 2.45) is 0 Å². The maximum absolute atomic E-state index is 12.3.